The molecule has 21 heavy (non-hydrogen) atoms. The van der Waals surface area contributed by atoms with Crippen LogP contribution in [-0.4, -0.2) is 42.8 Å². The van der Waals surface area contributed by atoms with Crippen LogP contribution in [0.4, 0.5) is 4.79 Å². The lowest BCUT2D eigenvalue weighted by Gasteiger charge is -2.20. The molecule has 0 rings (SSSR count). The molecular formula is C14H26N2O5. The van der Waals surface area contributed by atoms with Gasteiger partial charge in [0.2, 0.25) is 0 Å². The lowest BCUT2D eigenvalue weighted by Crippen LogP contribution is -2.49. The molecule has 0 saturated heterocycles. The Bertz CT molecular complexity index is 344. The van der Waals surface area contributed by atoms with Crippen LogP contribution in [0.25, 0.3) is 0 Å². The van der Waals surface area contributed by atoms with Gasteiger partial charge in [-0.3, -0.25) is 4.79 Å². The first-order valence-corrected chi connectivity index (χ1v) is 7.22. The van der Waals surface area contributed by atoms with E-state index in [0.29, 0.717) is 13.0 Å². The third-order valence-electron chi connectivity index (χ3n) is 3.01. The van der Waals surface area contributed by atoms with Gasteiger partial charge in [0.25, 0.3) is 0 Å². The number of urea groups is 1. The molecule has 0 bridgehead atoms. The van der Waals surface area contributed by atoms with Crippen LogP contribution in [0.1, 0.15) is 46.0 Å². The van der Waals surface area contributed by atoms with Crippen molar-refractivity contribution >= 4 is 18.0 Å². The second-order valence-corrected chi connectivity index (χ2v) is 5.20. The Morgan fingerprint density at radius 3 is 2.24 bits per heavy atom. The van der Waals surface area contributed by atoms with Crippen LogP contribution in [0, 0.1) is 5.92 Å². The molecule has 0 aliphatic rings. The molecule has 0 aliphatic carbocycles. The van der Waals surface area contributed by atoms with E-state index in [1.807, 2.05) is 13.8 Å². The summed E-state index contributed by atoms with van der Waals surface area (Å²) < 4.78 is 4.63. The first-order valence-electron chi connectivity index (χ1n) is 7.22. The predicted octanol–water partition coefficient (Wildman–Crippen LogP) is 1.52. The van der Waals surface area contributed by atoms with E-state index in [4.69, 9.17) is 5.11 Å². The van der Waals surface area contributed by atoms with Gasteiger partial charge in [-0.25, -0.2) is 9.59 Å². The van der Waals surface area contributed by atoms with E-state index in [2.05, 4.69) is 15.4 Å². The Balaban J connectivity index is 3.78. The van der Waals surface area contributed by atoms with Crippen LogP contribution in [0.2, 0.25) is 0 Å². The Labute approximate surface area is 125 Å². The van der Waals surface area contributed by atoms with Crippen molar-refractivity contribution in [3.63, 3.8) is 0 Å². The Hall–Kier alpha value is -1.79. The van der Waals surface area contributed by atoms with Crippen molar-refractivity contribution in [2.75, 3.05) is 13.7 Å². The maximum Gasteiger partial charge on any atom is 0.328 e. The Morgan fingerprint density at radius 1 is 1.10 bits per heavy atom. The third kappa shape index (κ3) is 9.70. The molecule has 122 valence electrons. The number of carbonyl (C=O) groups is 3. The minimum Gasteiger partial charge on any atom is -0.481 e. The number of aliphatic carboxylic acids is 1. The van der Waals surface area contributed by atoms with Crippen molar-refractivity contribution in [3.8, 4) is 0 Å². The lowest BCUT2D eigenvalue weighted by molar-refractivity contribution is -0.144. The number of esters is 1. The number of methoxy groups -OCH3 is 1. The molecule has 1 atom stereocenters. The number of hydrogen-bond acceptors (Lipinski definition) is 4. The van der Waals surface area contributed by atoms with Gasteiger partial charge in [0.1, 0.15) is 6.04 Å². The standard InChI is InChI=1S/C14H26N2O5/c1-10(2)12(13(19)21-3)16-14(20)15-9-7-5-4-6-8-11(17)18/h10,12H,4-9H2,1-3H3,(H,17,18)(H2,15,16,20). The van der Waals surface area contributed by atoms with E-state index in [9.17, 15) is 14.4 Å². The second kappa shape index (κ2) is 10.9. The summed E-state index contributed by atoms with van der Waals surface area (Å²) in [5, 5.41) is 13.7. The van der Waals surface area contributed by atoms with E-state index in [1.54, 1.807) is 0 Å². The smallest absolute Gasteiger partial charge is 0.328 e. The van der Waals surface area contributed by atoms with Gasteiger partial charge in [0.15, 0.2) is 0 Å². The summed E-state index contributed by atoms with van der Waals surface area (Å²) >= 11 is 0. The maximum atomic E-state index is 11.6. The SMILES string of the molecule is COC(=O)C(NC(=O)NCCCCCCC(=O)O)C(C)C. The van der Waals surface area contributed by atoms with Crippen LogP contribution in [0.15, 0.2) is 0 Å². The summed E-state index contributed by atoms with van der Waals surface area (Å²) in [7, 11) is 1.29. The number of nitrogens with one attached hydrogen (secondary N) is 2. The van der Waals surface area contributed by atoms with E-state index < -0.39 is 24.0 Å². The van der Waals surface area contributed by atoms with Gasteiger partial charge >= 0.3 is 18.0 Å². The molecule has 0 aromatic heterocycles. The first kappa shape index (κ1) is 19.2. The highest BCUT2D eigenvalue weighted by Gasteiger charge is 2.24. The number of amides is 2. The zero-order chi connectivity index (χ0) is 16.3. The number of carboxylic acid groups (broad SMARTS) is 1. The van der Waals surface area contributed by atoms with Gasteiger partial charge in [-0.15, -0.1) is 0 Å². The highest BCUT2D eigenvalue weighted by molar-refractivity contribution is 5.83. The number of carbonyl (C=O) groups excluding carboxylic acids is 2. The van der Waals surface area contributed by atoms with E-state index in [0.717, 1.165) is 19.3 Å². The summed E-state index contributed by atoms with van der Waals surface area (Å²) in [6.07, 6.45) is 3.30. The molecule has 0 spiro atoms. The predicted molar refractivity (Wildman–Crippen MR) is 77.9 cm³/mol. The fourth-order valence-electron chi connectivity index (χ4n) is 1.77. The van der Waals surface area contributed by atoms with Crippen LogP contribution < -0.4 is 10.6 Å². The van der Waals surface area contributed by atoms with Crippen LogP contribution >= 0.6 is 0 Å². The highest BCUT2D eigenvalue weighted by atomic mass is 16.5. The average molecular weight is 302 g/mol. The fourth-order valence-corrected chi connectivity index (χ4v) is 1.77. The van der Waals surface area contributed by atoms with Gasteiger partial charge in [-0.2, -0.15) is 0 Å². The summed E-state index contributed by atoms with van der Waals surface area (Å²) in [4.78, 5) is 33.4. The second-order valence-electron chi connectivity index (χ2n) is 5.20. The quantitative estimate of drug-likeness (QED) is 0.419. The van der Waals surface area contributed by atoms with Gasteiger partial charge in [0, 0.05) is 13.0 Å². The molecule has 0 aromatic carbocycles. The topological polar surface area (TPSA) is 105 Å². The molecule has 7 heteroatoms. The number of ether oxygens (including phenoxy) is 1. The molecule has 0 fully saturated rings. The summed E-state index contributed by atoms with van der Waals surface area (Å²) in [6.45, 7) is 4.14. The molecular weight excluding hydrogens is 276 g/mol. The van der Waals surface area contributed by atoms with E-state index in [-0.39, 0.29) is 12.3 Å². The largest absolute Gasteiger partial charge is 0.481 e. The van der Waals surface area contributed by atoms with Gasteiger partial charge in [0.05, 0.1) is 7.11 Å². The molecule has 0 saturated carbocycles. The summed E-state index contributed by atoms with van der Waals surface area (Å²) in [6, 6.07) is -1.06. The molecule has 0 aromatic rings. The van der Waals surface area contributed by atoms with E-state index >= 15 is 0 Å². The summed E-state index contributed by atoms with van der Waals surface area (Å²) in [5.41, 5.74) is 0. The Kier molecular flexibility index (Phi) is 10.0. The number of unbranched alkanes of at least 4 members (excludes halogenated alkanes) is 3. The van der Waals surface area contributed by atoms with Crippen molar-refractivity contribution < 1.29 is 24.2 Å². The van der Waals surface area contributed by atoms with Gasteiger partial charge in [-0.1, -0.05) is 26.7 Å². The van der Waals surface area contributed by atoms with Crippen molar-refractivity contribution in [2.24, 2.45) is 5.92 Å². The third-order valence-corrected chi connectivity index (χ3v) is 3.01. The molecule has 7 nitrogen and oxygen atoms in total. The first-order chi connectivity index (χ1) is 9.88. The monoisotopic (exact) mass is 302 g/mol. The molecule has 0 radical (unpaired) electrons. The molecule has 3 N–H and O–H groups in total. The average Bonchev–Trinajstić information content (AvgIpc) is 2.42. The van der Waals surface area contributed by atoms with Gasteiger partial charge in [-0.05, 0) is 18.8 Å². The minimum absolute atomic E-state index is 0.0563. The van der Waals surface area contributed by atoms with Crippen molar-refractivity contribution in [1.29, 1.82) is 0 Å². The lowest BCUT2D eigenvalue weighted by atomic mass is 10.1. The molecule has 0 heterocycles. The number of hydrogen-bond donors (Lipinski definition) is 3. The fraction of sp³-hybridized carbons (Fsp3) is 0.786. The van der Waals surface area contributed by atoms with Crippen LogP contribution in [0.3, 0.4) is 0 Å². The van der Waals surface area contributed by atoms with Gasteiger partial charge < -0.3 is 20.5 Å². The molecule has 0 aliphatic heterocycles. The maximum absolute atomic E-state index is 11.6. The molecule has 1 unspecified atom stereocenters. The normalized spacial score (nSPS) is 11.8. The number of rotatable bonds is 10. The summed E-state index contributed by atoms with van der Waals surface area (Å²) in [5.74, 6) is -1.30. The van der Waals surface area contributed by atoms with E-state index in [1.165, 1.54) is 7.11 Å². The van der Waals surface area contributed by atoms with Crippen molar-refractivity contribution in [1.82, 2.24) is 10.6 Å². The zero-order valence-electron chi connectivity index (χ0n) is 13.0. The van der Waals surface area contributed by atoms with Crippen LogP contribution in [-0.2, 0) is 14.3 Å². The Morgan fingerprint density at radius 2 is 1.71 bits per heavy atom. The molecule has 2 amide bonds. The minimum atomic E-state index is -0.782. The van der Waals surface area contributed by atoms with Crippen LogP contribution in [0.5, 0.6) is 0 Å². The highest BCUT2D eigenvalue weighted by Crippen LogP contribution is 2.04. The van der Waals surface area contributed by atoms with Crippen molar-refractivity contribution in [2.45, 2.75) is 52.0 Å². The number of carboxylic acids is 1. The van der Waals surface area contributed by atoms with Crippen molar-refractivity contribution in [3.05, 3.63) is 0 Å². The zero-order valence-corrected chi connectivity index (χ0v) is 13.0.